The van der Waals surface area contributed by atoms with Crippen LogP contribution in [-0.4, -0.2) is 15.9 Å². The van der Waals surface area contributed by atoms with Gasteiger partial charge in [0.15, 0.2) is 0 Å². The number of alkyl halides is 3. The van der Waals surface area contributed by atoms with E-state index in [1.165, 1.54) is 18.3 Å². The van der Waals surface area contributed by atoms with Crippen LogP contribution in [0, 0.1) is 0 Å². The molecule has 0 spiro atoms. The highest BCUT2D eigenvalue weighted by Gasteiger charge is 2.33. The van der Waals surface area contributed by atoms with Crippen LogP contribution in [0.3, 0.4) is 0 Å². The highest BCUT2D eigenvalue weighted by Crippen LogP contribution is 2.35. The monoisotopic (exact) mass is 379 g/mol. The van der Waals surface area contributed by atoms with Crippen molar-refractivity contribution in [2.45, 2.75) is 6.18 Å². The van der Waals surface area contributed by atoms with Gasteiger partial charge in [-0.05, 0) is 24.3 Å². The van der Waals surface area contributed by atoms with Gasteiger partial charge in [-0.2, -0.15) is 13.2 Å². The van der Waals surface area contributed by atoms with Crippen molar-refractivity contribution in [3.8, 4) is 0 Å². The summed E-state index contributed by atoms with van der Waals surface area (Å²) in [6, 6.07) is 4.54. The second kappa shape index (κ2) is 5.98. The summed E-state index contributed by atoms with van der Waals surface area (Å²) < 4.78 is 38.2. The lowest BCUT2D eigenvalue weighted by atomic mass is 10.1. The zero-order valence-corrected chi connectivity index (χ0v) is 12.4. The summed E-state index contributed by atoms with van der Waals surface area (Å²) >= 11 is 8.42. The average Bonchev–Trinajstić information content (AvgIpc) is 2.37. The van der Waals surface area contributed by atoms with E-state index in [4.69, 9.17) is 11.6 Å². The molecule has 110 valence electrons. The standard InChI is InChI=1S/C12H6BrClF3N3O/c13-8-2-1-6(5-7(8)12(15,16)17)10(21)20-11-18-4-3-9(14)19-11/h1-5H,(H,18,19,20,21). The molecule has 1 N–H and O–H groups in total. The van der Waals surface area contributed by atoms with Gasteiger partial charge in [0.25, 0.3) is 5.91 Å². The first-order chi connectivity index (χ1) is 9.77. The maximum absolute atomic E-state index is 12.8. The van der Waals surface area contributed by atoms with Gasteiger partial charge >= 0.3 is 6.18 Å². The van der Waals surface area contributed by atoms with Crippen molar-refractivity contribution in [2.24, 2.45) is 0 Å². The third kappa shape index (κ3) is 3.92. The molecule has 21 heavy (non-hydrogen) atoms. The molecule has 1 aromatic carbocycles. The number of rotatable bonds is 2. The van der Waals surface area contributed by atoms with E-state index in [0.717, 1.165) is 12.1 Å². The molecule has 0 aliphatic heterocycles. The van der Waals surface area contributed by atoms with E-state index in [1.54, 1.807) is 0 Å². The first kappa shape index (κ1) is 15.7. The Morgan fingerprint density at radius 1 is 1.29 bits per heavy atom. The van der Waals surface area contributed by atoms with Crippen LogP contribution in [0.2, 0.25) is 5.15 Å². The molecular weight excluding hydrogens is 375 g/mol. The van der Waals surface area contributed by atoms with Crippen LogP contribution in [0.4, 0.5) is 19.1 Å². The van der Waals surface area contributed by atoms with Gasteiger partial charge in [-0.25, -0.2) is 9.97 Å². The van der Waals surface area contributed by atoms with Crippen molar-refractivity contribution >= 4 is 39.4 Å². The molecule has 1 heterocycles. The predicted octanol–water partition coefficient (Wildman–Crippen LogP) is 4.16. The third-order valence-corrected chi connectivity index (χ3v) is 3.28. The first-order valence-corrected chi connectivity index (χ1v) is 6.61. The summed E-state index contributed by atoms with van der Waals surface area (Å²) in [6.07, 6.45) is -3.25. The lowest BCUT2D eigenvalue weighted by Crippen LogP contribution is -2.16. The number of nitrogens with zero attached hydrogens (tertiary/aromatic N) is 2. The fourth-order valence-electron chi connectivity index (χ4n) is 1.45. The molecule has 2 aromatic rings. The molecule has 9 heteroatoms. The molecule has 0 fully saturated rings. The Morgan fingerprint density at radius 3 is 2.62 bits per heavy atom. The summed E-state index contributed by atoms with van der Waals surface area (Å²) in [5.74, 6) is -0.862. The second-order valence-corrected chi connectivity index (χ2v) is 5.09. The first-order valence-electron chi connectivity index (χ1n) is 5.44. The molecule has 0 aliphatic rings. The van der Waals surface area contributed by atoms with Gasteiger partial charge in [0, 0.05) is 16.2 Å². The molecule has 1 aromatic heterocycles. The van der Waals surface area contributed by atoms with Crippen LogP contribution < -0.4 is 5.32 Å². The van der Waals surface area contributed by atoms with Crippen molar-refractivity contribution in [1.29, 1.82) is 0 Å². The summed E-state index contributed by atoms with van der Waals surface area (Å²) in [4.78, 5) is 19.4. The molecule has 0 aliphatic carbocycles. The number of nitrogens with one attached hydrogen (secondary N) is 1. The number of benzene rings is 1. The van der Waals surface area contributed by atoms with Crippen LogP contribution in [-0.2, 0) is 6.18 Å². The molecule has 0 radical (unpaired) electrons. The second-order valence-electron chi connectivity index (χ2n) is 3.85. The predicted molar refractivity (Wildman–Crippen MR) is 74.1 cm³/mol. The molecule has 0 unspecified atom stereocenters. The van der Waals surface area contributed by atoms with Crippen LogP contribution in [0.15, 0.2) is 34.9 Å². The number of amides is 1. The number of carbonyl (C=O) groups excluding carboxylic acids is 1. The Balaban J connectivity index is 2.28. The summed E-state index contributed by atoms with van der Waals surface area (Å²) in [6.45, 7) is 0. The molecule has 0 bridgehead atoms. The van der Waals surface area contributed by atoms with E-state index in [9.17, 15) is 18.0 Å². The normalized spacial score (nSPS) is 11.3. The van der Waals surface area contributed by atoms with Gasteiger partial charge < -0.3 is 0 Å². The van der Waals surface area contributed by atoms with Crippen molar-refractivity contribution in [2.75, 3.05) is 5.32 Å². The maximum atomic E-state index is 12.8. The van der Waals surface area contributed by atoms with Gasteiger partial charge in [-0.1, -0.05) is 27.5 Å². The number of anilines is 1. The number of hydrogen-bond donors (Lipinski definition) is 1. The molecule has 0 saturated carbocycles. The van der Waals surface area contributed by atoms with Crippen molar-refractivity contribution in [1.82, 2.24) is 9.97 Å². The number of hydrogen-bond acceptors (Lipinski definition) is 3. The van der Waals surface area contributed by atoms with E-state index in [0.29, 0.717) is 0 Å². The van der Waals surface area contributed by atoms with Gasteiger partial charge in [-0.15, -0.1) is 0 Å². The van der Waals surface area contributed by atoms with Gasteiger partial charge in [0.05, 0.1) is 5.56 Å². The fraction of sp³-hybridized carbons (Fsp3) is 0.0833. The molecule has 2 rings (SSSR count). The minimum absolute atomic E-state index is 0.0935. The van der Waals surface area contributed by atoms with Crippen LogP contribution in [0.1, 0.15) is 15.9 Å². The Kier molecular flexibility index (Phi) is 4.48. The highest BCUT2D eigenvalue weighted by atomic mass is 79.9. The molecule has 0 saturated heterocycles. The molecule has 1 amide bonds. The Labute approximate surface area is 130 Å². The van der Waals surface area contributed by atoms with E-state index in [1.807, 2.05) is 0 Å². The van der Waals surface area contributed by atoms with E-state index in [-0.39, 0.29) is 21.1 Å². The average molecular weight is 381 g/mol. The quantitative estimate of drug-likeness (QED) is 0.796. The van der Waals surface area contributed by atoms with Crippen LogP contribution in [0.5, 0.6) is 0 Å². The minimum atomic E-state index is -4.57. The minimum Gasteiger partial charge on any atom is -0.290 e. The van der Waals surface area contributed by atoms with Gasteiger partial charge in [-0.3, -0.25) is 10.1 Å². The summed E-state index contributed by atoms with van der Waals surface area (Å²) in [5, 5.41) is 2.37. The third-order valence-electron chi connectivity index (χ3n) is 2.38. The zero-order valence-electron chi connectivity index (χ0n) is 10.1. The summed E-state index contributed by atoms with van der Waals surface area (Å²) in [7, 11) is 0. The number of halogens is 5. The Bertz CT molecular complexity index is 694. The zero-order chi connectivity index (χ0) is 15.6. The van der Waals surface area contributed by atoms with Crippen LogP contribution >= 0.6 is 27.5 Å². The van der Waals surface area contributed by atoms with Crippen molar-refractivity contribution < 1.29 is 18.0 Å². The molecule has 4 nitrogen and oxygen atoms in total. The molecule has 0 atom stereocenters. The topological polar surface area (TPSA) is 54.9 Å². The van der Waals surface area contributed by atoms with Crippen LogP contribution in [0.25, 0.3) is 0 Å². The SMILES string of the molecule is O=C(Nc1nccc(Cl)n1)c1ccc(Br)c(C(F)(F)F)c1. The Hall–Kier alpha value is -1.67. The largest absolute Gasteiger partial charge is 0.417 e. The fourth-order valence-corrected chi connectivity index (χ4v) is 2.06. The molecular formula is C12H6BrClF3N3O. The van der Waals surface area contributed by atoms with Gasteiger partial charge in [0.1, 0.15) is 5.15 Å². The number of carbonyl (C=O) groups is 1. The van der Waals surface area contributed by atoms with E-state index in [2.05, 4.69) is 31.2 Å². The van der Waals surface area contributed by atoms with Crippen molar-refractivity contribution in [3.05, 3.63) is 51.2 Å². The van der Waals surface area contributed by atoms with Gasteiger partial charge in [0.2, 0.25) is 5.95 Å². The lowest BCUT2D eigenvalue weighted by Gasteiger charge is -2.11. The smallest absolute Gasteiger partial charge is 0.290 e. The Morgan fingerprint density at radius 2 is 2.00 bits per heavy atom. The summed E-state index contributed by atoms with van der Waals surface area (Å²) in [5.41, 5.74) is -1.11. The number of aromatic nitrogens is 2. The lowest BCUT2D eigenvalue weighted by molar-refractivity contribution is -0.138. The van der Waals surface area contributed by atoms with E-state index >= 15 is 0 Å². The highest BCUT2D eigenvalue weighted by molar-refractivity contribution is 9.10. The maximum Gasteiger partial charge on any atom is 0.417 e. The van der Waals surface area contributed by atoms with E-state index < -0.39 is 17.6 Å². The van der Waals surface area contributed by atoms with Crippen molar-refractivity contribution in [3.63, 3.8) is 0 Å².